The topological polar surface area (TPSA) is 26.3 Å². The van der Waals surface area contributed by atoms with Gasteiger partial charge in [0.25, 0.3) is 0 Å². The third-order valence-electron chi connectivity index (χ3n) is 10.0. The fraction of sp³-hybridized carbons (Fsp3) is 0.0455. The Morgan fingerprint density at radius 3 is 1.08 bits per heavy atom. The summed E-state index contributed by atoms with van der Waals surface area (Å²) >= 11 is 0. The van der Waals surface area contributed by atoms with Crippen molar-refractivity contribution in [2.45, 2.75) is 12.4 Å². The van der Waals surface area contributed by atoms with E-state index in [1.54, 1.807) is 12.1 Å². The Hall–Kier alpha value is -6.28. The van der Waals surface area contributed by atoms with Crippen LogP contribution in [0.25, 0.3) is 98.4 Å². The minimum Gasteiger partial charge on any atom is -0.456 e. The second-order valence-electron chi connectivity index (χ2n) is 13.2. The van der Waals surface area contributed by atoms with Gasteiger partial charge in [-0.05, 0) is 152 Å². The molecule has 0 aliphatic carbocycles. The van der Waals surface area contributed by atoms with Crippen LogP contribution in [0.1, 0.15) is 11.1 Å². The van der Waals surface area contributed by atoms with E-state index < -0.39 is 23.5 Å². The Morgan fingerprint density at radius 1 is 0.288 bits per heavy atom. The van der Waals surface area contributed by atoms with E-state index in [-0.39, 0.29) is 11.2 Å². The standard InChI is InChI=1S/C44H22F6O2/c45-43(46,47)33-7-9-35-37-19-27(5-11-39(37)51-41(35)21-33)23-1-3-25-15-31-18-30-14-24(2-4-26(30)16-32(31)17-29(25)13-23)28-6-12-40-38(20-28)36-10-8-34(44(48,49)50)22-42(36)52-40/h1-22H. The number of alkyl halides is 6. The van der Waals surface area contributed by atoms with Crippen molar-refractivity contribution >= 4 is 76.2 Å². The van der Waals surface area contributed by atoms with E-state index in [1.807, 2.05) is 36.4 Å². The van der Waals surface area contributed by atoms with Gasteiger partial charge in [0.2, 0.25) is 0 Å². The van der Waals surface area contributed by atoms with Gasteiger partial charge in [0.1, 0.15) is 22.3 Å². The molecular formula is C44H22F6O2. The van der Waals surface area contributed by atoms with E-state index in [1.165, 1.54) is 12.1 Å². The molecule has 52 heavy (non-hydrogen) atoms. The summed E-state index contributed by atoms with van der Waals surface area (Å²) in [4.78, 5) is 0. The number of fused-ring (bicyclic) bond motifs is 9. The summed E-state index contributed by atoms with van der Waals surface area (Å²) in [5, 5.41) is 9.14. The Labute approximate surface area is 290 Å². The molecular weight excluding hydrogens is 674 g/mol. The van der Waals surface area contributed by atoms with Crippen molar-refractivity contribution in [2.24, 2.45) is 0 Å². The Kier molecular flexibility index (Phi) is 6.24. The molecule has 0 amide bonds. The molecule has 0 fully saturated rings. The lowest BCUT2D eigenvalue weighted by atomic mass is 9.95. The van der Waals surface area contributed by atoms with Gasteiger partial charge in [-0.2, -0.15) is 26.3 Å². The Balaban J connectivity index is 1.01. The second-order valence-corrected chi connectivity index (χ2v) is 13.2. The summed E-state index contributed by atoms with van der Waals surface area (Å²) in [5.41, 5.74) is 3.77. The molecule has 0 N–H and O–H groups in total. The summed E-state index contributed by atoms with van der Waals surface area (Å²) in [6.07, 6.45) is -8.90. The van der Waals surface area contributed by atoms with Gasteiger partial charge in [-0.3, -0.25) is 0 Å². The maximum Gasteiger partial charge on any atom is 0.416 e. The van der Waals surface area contributed by atoms with Gasteiger partial charge in [-0.25, -0.2) is 0 Å². The Bertz CT molecular complexity index is 2900. The molecule has 0 bridgehead atoms. The third kappa shape index (κ3) is 4.89. The van der Waals surface area contributed by atoms with E-state index in [9.17, 15) is 26.3 Å². The van der Waals surface area contributed by atoms with Gasteiger partial charge in [0.15, 0.2) is 0 Å². The molecule has 8 aromatic carbocycles. The molecule has 2 heterocycles. The van der Waals surface area contributed by atoms with Crippen LogP contribution in [0.4, 0.5) is 26.3 Å². The van der Waals surface area contributed by atoms with Crippen molar-refractivity contribution in [1.29, 1.82) is 0 Å². The van der Waals surface area contributed by atoms with E-state index in [0.29, 0.717) is 21.9 Å². The highest BCUT2D eigenvalue weighted by Gasteiger charge is 2.32. The third-order valence-corrected chi connectivity index (χ3v) is 10.0. The first-order valence-electron chi connectivity index (χ1n) is 16.4. The molecule has 2 nitrogen and oxygen atoms in total. The van der Waals surface area contributed by atoms with Crippen LogP contribution in [0, 0.1) is 0 Å². The van der Waals surface area contributed by atoms with Gasteiger partial charge in [0, 0.05) is 21.5 Å². The lowest BCUT2D eigenvalue weighted by Crippen LogP contribution is -2.03. The van der Waals surface area contributed by atoms with Gasteiger partial charge in [0.05, 0.1) is 11.1 Å². The SMILES string of the molecule is FC(F)(F)c1ccc2c(c1)oc1ccc(-c3ccc4cc5cc6cc(-c7ccc8oc9cc(C(F)(F)F)ccc9c8c7)ccc6cc5cc4c3)cc12. The molecule has 10 aromatic rings. The molecule has 10 rings (SSSR count). The van der Waals surface area contributed by atoms with Crippen molar-refractivity contribution in [2.75, 3.05) is 0 Å². The van der Waals surface area contributed by atoms with E-state index >= 15 is 0 Å². The van der Waals surface area contributed by atoms with Crippen molar-refractivity contribution in [3.05, 3.63) is 145 Å². The zero-order chi connectivity index (χ0) is 35.5. The van der Waals surface area contributed by atoms with E-state index in [0.717, 1.165) is 89.6 Å². The van der Waals surface area contributed by atoms with Crippen LogP contribution >= 0.6 is 0 Å². The lowest BCUT2D eigenvalue weighted by molar-refractivity contribution is -0.138. The largest absolute Gasteiger partial charge is 0.456 e. The number of hydrogen-bond acceptors (Lipinski definition) is 2. The number of hydrogen-bond donors (Lipinski definition) is 0. The van der Waals surface area contributed by atoms with Crippen molar-refractivity contribution in [3.63, 3.8) is 0 Å². The molecule has 2 aromatic heterocycles. The zero-order valence-electron chi connectivity index (χ0n) is 26.8. The van der Waals surface area contributed by atoms with Crippen molar-refractivity contribution in [3.8, 4) is 22.3 Å². The smallest absolute Gasteiger partial charge is 0.416 e. The Morgan fingerprint density at radius 2 is 0.654 bits per heavy atom. The van der Waals surface area contributed by atoms with Gasteiger partial charge in [-0.1, -0.05) is 36.4 Å². The predicted octanol–water partition coefficient (Wildman–Crippen LogP) is 14.3. The number of rotatable bonds is 2. The fourth-order valence-corrected chi connectivity index (χ4v) is 7.37. The second kappa shape index (κ2) is 10.6. The molecule has 252 valence electrons. The maximum absolute atomic E-state index is 13.3. The first kappa shape index (κ1) is 30.5. The molecule has 0 unspecified atom stereocenters. The summed E-state index contributed by atoms with van der Waals surface area (Å²) < 4.78 is 91.2. The highest BCUT2D eigenvalue weighted by molar-refractivity contribution is 6.09. The van der Waals surface area contributed by atoms with Gasteiger partial charge < -0.3 is 8.83 Å². The highest BCUT2D eigenvalue weighted by atomic mass is 19.4. The number of furan rings is 2. The summed E-state index contributed by atoms with van der Waals surface area (Å²) in [5.74, 6) is 0. The van der Waals surface area contributed by atoms with Crippen LogP contribution in [0.5, 0.6) is 0 Å². The molecule has 0 atom stereocenters. The summed E-state index contributed by atoms with van der Waals surface area (Å²) in [6, 6.07) is 39.6. The first-order chi connectivity index (χ1) is 24.9. The van der Waals surface area contributed by atoms with Crippen LogP contribution < -0.4 is 0 Å². The van der Waals surface area contributed by atoms with Crippen LogP contribution in [0.2, 0.25) is 0 Å². The minimum atomic E-state index is -4.45. The molecule has 0 aliphatic heterocycles. The monoisotopic (exact) mass is 696 g/mol. The van der Waals surface area contributed by atoms with Crippen LogP contribution in [0.15, 0.2) is 142 Å². The van der Waals surface area contributed by atoms with Crippen molar-refractivity contribution < 1.29 is 35.2 Å². The first-order valence-corrected chi connectivity index (χ1v) is 16.4. The minimum absolute atomic E-state index is 0.199. The fourth-order valence-electron chi connectivity index (χ4n) is 7.37. The summed E-state index contributed by atoms with van der Waals surface area (Å²) in [7, 11) is 0. The van der Waals surface area contributed by atoms with Crippen LogP contribution in [-0.4, -0.2) is 0 Å². The highest BCUT2D eigenvalue weighted by Crippen LogP contribution is 2.40. The molecule has 0 spiro atoms. The molecule has 0 saturated carbocycles. The molecule has 0 radical (unpaired) electrons. The molecule has 0 saturated heterocycles. The average Bonchev–Trinajstić information content (AvgIpc) is 3.68. The van der Waals surface area contributed by atoms with Gasteiger partial charge in [-0.15, -0.1) is 0 Å². The van der Waals surface area contributed by atoms with Crippen LogP contribution in [0.3, 0.4) is 0 Å². The molecule has 8 heteroatoms. The number of benzene rings is 8. The quantitative estimate of drug-likeness (QED) is 0.133. The molecule has 0 aliphatic rings. The van der Waals surface area contributed by atoms with E-state index in [2.05, 4.69) is 48.5 Å². The lowest BCUT2D eigenvalue weighted by Gasteiger charge is -2.09. The average molecular weight is 697 g/mol. The zero-order valence-corrected chi connectivity index (χ0v) is 26.8. The normalized spacial score (nSPS) is 12.8. The maximum atomic E-state index is 13.3. The van der Waals surface area contributed by atoms with Crippen molar-refractivity contribution in [1.82, 2.24) is 0 Å². The number of halogens is 6. The van der Waals surface area contributed by atoms with E-state index in [4.69, 9.17) is 8.83 Å². The van der Waals surface area contributed by atoms with Crippen LogP contribution in [-0.2, 0) is 12.4 Å². The van der Waals surface area contributed by atoms with Gasteiger partial charge >= 0.3 is 12.4 Å². The predicted molar refractivity (Wildman–Crippen MR) is 194 cm³/mol. The summed E-state index contributed by atoms with van der Waals surface area (Å²) in [6.45, 7) is 0.